The standard InChI is InChI=1S/C15H21BrN2O3S/c1-18-22(20,21)13-5-7-15(8-6-13,14(17)19)10-11-3-2-4-12(16)9-11/h2-4,9,13,18H,5-8,10H2,1H3,(H2,17,19). The predicted molar refractivity (Wildman–Crippen MR) is 89.7 cm³/mol. The third kappa shape index (κ3) is 3.70. The number of carbonyl (C=O) groups excluding carboxylic acids is 1. The smallest absolute Gasteiger partial charge is 0.223 e. The fourth-order valence-electron chi connectivity index (χ4n) is 3.17. The van der Waals surface area contributed by atoms with Crippen molar-refractivity contribution in [1.82, 2.24) is 4.72 Å². The molecule has 1 aliphatic rings. The number of nitrogens with one attached hydrogen (secondary N) is 1. The number of halogens is 1. The topological polar surface area (TPSA) is 89.3 Å². The zero-order valence-electron chi connectivity index (χ0n) is 12.5. The van der Waals surface area contributed by atoms with Gasteiger partial charge in [0.2, 0.25) is 15.9 Å². The van der Waals surface area contributed by atoms with Gasteiger partial charge < -0.3 is 5.73 Å². The summed E-state index contributed by atoms with van der Waals surface area (Å²) in [5, 5.41) is -0.438. The molecule has 1 fully saturated rings. The Morgan fingerprint density at radius 1 is 1.41 bits per heavy atom. The monoisotopic (exact) mass is 388 g/mol. The Morgan fingerprint density at radius 2 is 2.05 bits per heavy atom. The number of hydrogen-bond donors (Lipinski definition) is 2. The minimum atomic E-state index is -3.29. The van der Waals surface area contributed by atoms with Gasteiger partial charge in [-0.1, -0.05) is 28.1 Å². The van der Waals surface area contributed by atoms with E-state index in [2.05, 4.69) is 20.7 Å². The van der Waals surface area contributed by atoms with Gasteiger partial charge in [-0.05, 0) is 56.8 Å². The molecule has 1 saturated carbocycles. The molecule has 0 spiro atoms. The third-order valence-corrected chi connectivity index (χ3v) is 6.98. The quantitative estimate of drug-likeness (QED) is 0.807. The van der Waals surface area contributed by atoms with Gasteiger partial charge in [-0.15, -0.1) is 0 Å². The summed E-state index contributed by atoms with van der Waals surface area (Å²) in [7, 11) is -1.86. The number of rotatable bonds is 5. The van der Waals surface area contributed by atoms with Crippen LogP contribution in [0.2, 0.25) is 0 Å². The number of sulfonamides is 1. The van der Waals surface area contributed by atoms with Gasteiger partial charge >= 0.3 is 0 Å². The van der Waals surface area contributed by atoms with Gasteiger partial charge in [-0.3, -0.25) is 4.79 Å². The zero-order valence-corrected chi connectivity index (χ0v) is 14.9. The lowest BCUT2D eigenvalue weighted by atomic mass is 9.69. The summed E-state index contributed by atoms with van der Waals surface area (Å²) in [5.41, 5.74) is 6.04. The van der Waals surface area contributed by atoms with Crippen LogP contribution in [0.1, 0.15) is 31.2 Å². The number of primary amides is 1. The molecule has 122 valence electrons. The molecule has 22 heavy (non-hydrogen) atoms. The van der Waals surface area contributed by atoms with E-state index in [1.54, 1.807) is 0 Å². The van der Waals surface area contributed by atoms with E-state index in [1.165, 1.54) is 7.05 Å². The highest BCUT2D eigenvalue weighted by molar-refractivity contribution is 9.10. The first-order chi connectivity index (χ1) is 10.3. The Hall–Kier alpha value is -0.920. The highest BCUT2D eigenvalue weighted by atomic mass is 79.9. The van der Waals surface area contributed by atoms with Crippen LogP contribution in [0.15, 0.2) is 28.7 Å². The maximum Gasteiger partial charge on any atom is 0.223 e. The number of benzene rings is 1. The largest absolute Gasteiger partial charge is 0.369 e. The fourth-order valence-corrected chi connectivity index (χ4v) is 4.81. The Balaban J connectivity index is 2.17. The van der Waals surface area contributed by atoms with E-state index < -0.39 is 20.7 Å². The van der Waals surface area contributed by atoms with Crippen molar-refractivity contribution in [2.75, 3.05) is 7.05 Å². The second-order valence-electron chi connectivity index (χ2n) is 5.90. The van der Waals surface area contributed by atoms with Gasteiger partial charge in [0.1, 0.15) is 0 Å². The molecule has 1 aromatic rings. The summed E-state index contributed by atoms with van der Waals surface area (Å²) in [5.74, 6) is -0.340. The molecule has 0 aromatic heterocycles. The molecule has 0 unspecified atom stereocenters. The summed E-state index contributed by atoms with van der Waals surface area (Å²) >= 11 is 3.42. The van der Waals surface area contributed by atoms with E-state index in [4.69, 9.17) is 5.73 Å². The van der Waals surface area contributed by atoms with Crippen molar-refractivity contribution in [3.05, 3.63) is 34.3 Å². The van der Waals surface area contributed by atoms with Crippen LogP contribution >= 0.6 is 15.9 Å². The van der Waals surface area contributed by atoms with Gasteiger partial charge in [-0.25, -0.2) is 13.1 Å². The van der Waals surface area contributed by atoms with E-state index in [0.29, 0.717) is 32.1 Å². The predicted octanol–water partition coefficient (Wildman–Crippen LogP) is 1.96. The molecule has 0 atom stereocenters. The molecule has 5 nitrogen and oxygen atoms in total. The molecule has 2 rings (SSSR count). The van der Waals surface area contributed by atoms with Crippen molar-refractivity contribution in [3.8, 4) is 0 Å². The fraction of sp³-hybridized carbons (Fsp3) is 0.533. The lowest BCUT2D eigenvalue weighted by Crippen LogP contribution is -2.45. The molecule has 0 heterocycles. The lowest BCUT2D eigenvalue weighted by Gasteiger charge is -2.37. The molecule has 0 saturated heterocycles. The maximum atomic E-state index is 12.0. The van der Waals surface area contributed by atoms with E-state index in [0.717, 1.165) is 10.0 Å². The number of nitrogens with two attached hydrogens (primary N) is 1. The van der Waals surface area contributed by atoms with Crippen LogP contribution in [0.3, 0.4) is 0 Å². The van der Waals surface area contributed by atoms with Crippen molar-refractivity contribution in [2.24, 2.45) is 11.1 Å². The molecule has 1 aliphatic carbocycles. The van der Waals surface area contributed by atoms with Crippen LogP contribution in [0.25, 0.3) is 0 Å². The Kier molecular flexibility index (Phi) is 5.29. The van der Waals surface area contributed by atoms with Crippen molar-refractivity contribution >= 4 is 31.9 Å². The number of hydrogen-bond acceptors (Lipinski definition) is 3. The van der Waals surface area contributed by atoms with Crippen molar-refractivity contribution in [3.63, 3.8) is 0 Å². The first-order valence-corrected chi connectivity index (χ1v) is 9.60. The molecule has 0 aliphatic heterocycles. The maximum absolute atomic E-state index is 12.0. The van der Waals surface area contributed by atoms with E-state index in [9.17, 15) is 13.2 Å². The second-order valence-corrected chi connectivity index (χ2v) is 8.98. The number of carbonyl (C=O) groups is 1. The highest BCUT2D eigenvalue weighted by Crippen LogP contribution is 2.41. The van der Waals surface area contributed by atoms with E-state index >= 15 is 0 Å². The minimum absolute atomic E-state index is 0.340. The number of amides is 1. The Morgan fingerprint density at radius 3 is 2.55 bits per heavy atom. The third-order valence-electron chi connectivity index (χ3n) is 4.57. The minimum Gasteiger partial charge on any atom is -0.369 e. The van der Waals surface area contributed by atoms with Gasteiger partial charge in [0.25, 0.3) is 0 Å². The van der Waals surface area contributed by atoms with Gasteiger partial charge in [0.15, 0.2) is 0 Å². The van der Waals surface area contributed by atoms with Gasteiger partial charge in [-0.2, -0.15) is 0 Å². The first kappa shape index (κ1) is 17.4. The van der Waals surface area contributed by atoms with Crippen molar-refractivity contribution in [1.29, 1.82) is 0 Å². The molecule has 1 amide bonds. The van der Waals surface area contributed by atoms with E-state index in [-0.39, 0.29) is 5.91 Å². The first-order valence-electron chi connectivity index (χ1n) is 7.26. The summed E-state index contributed by atoms with van der Waals surface area (Å²) in [4.78, 5) is 12.0. The lowest BCUT2D eigenvalue weighted by molar-refractivity contribution is -0.129. The average molecular weight is 389 g/mol. The van der Waals surface area contributed by atoms with Crippen LogP contribution in [-0.4, -0.2) is 26.6 Å². The normalized spacial score (nSPS) is 25.8. The Labute approximate surface area is 139 Å². The molecule has 7 heteroatoms. The van der Waals surface area contributed by atoms with Crippen LogP contribution in [0.5, 0.6) is 0 Å². The second kappa shape index (κ2) is 6.68. The van der Waals surface area contributed by atoms with Crippen LogP contribution in [0.4, 0.5) is 0 Å². The zero-order chi connectivity index (χ0) is 16.4. The van der Waals surface area contributed by atoms with Crippen LogP contribution in [0, 0.1) is 5.41 Å². The average Bonchev–Trinajstić information content (AvgIpc) is 2.47. The molecule has 3 N–H and O–H groups in total. The van der Waals surface area contributed by atoms with Gasteiger partial charge in [0.05, 0.1) is 10.7 Å². The van der Waals surface area contributed by atoms with Crippen LogP contribution < -0.4 is 10.5 Å². The van der Waals surface area contributed by atoms with Crippen LogP contribution in [-0.2, 0) is 21.2 Å². The Bertz CT molecular complexity index is 653. The molecular weight excluding hydrogens is 368 g/mol. The molecule has 0 radical (unpaired) electrons. The summed E-state index contributed by atoms with van der Waals surface area (Å²) in [6.45, 7) is 0. The van der Waals surface area contributed by atoms with Crippen molar-refractivity contribution < 1.29 is 13.2 Å². The molecular formula is C15H21BrN2O3S. The summed E-state index contributed by atoms with van der Waals surface area (Å²) in [6.07, 6.45) is 2.47. The highest BCUT2D eigenvalue weighted by Gasteiger charge is 2.43. The van der Waals surface area contributed by atoms with Gasteiger partial charge in [0, 0.05) is 4.47 Å². The van der Waals surface area contributed by atoms with E-state index in [1.807, 2.05) is 24.3 Å². The molecule has 1 aromatic carbocycles. The summed E-state index contributed by atoms with van der Waals surface area (Å²) < 4.78 is 27.1. The SMILES string of the molecule is CNS(=O)(=O)C1CCC(Cc2cccc(Br)c2)(C(N)=O)CC1. The van der Waals surface area contributed by atoms with Crippen molar-refractivity contribution in [2.45, 2.75) is 37.4 Å². The molecule has 0 bridgehead atoms. The summed E-state index contributed by atoms with van der Waals surface area (Å²) in [6, 6.07) is 7.79.